The number of fused-ring (bicyclic) bond motifs is 1. The highest BCUT2D eigenvalue weighted by Crippen LogP contribution is 2.33. The van der Waals surface area contributed by atoms with Crippen molar-refractivity contribution in [2.75, 3.05) is 33.0 Å². The summed E-state index contributed by atoms with van der Waals surface area (Å²) in [5.74, 6) is 2.11. The van der Waals surface area contributed by atoms with Crippen LogP contribution >= 0.6 is 0 Å². The van der Waals surface area contributed by atoms with E-state index < -0.39 is 10.0 Å². The summed E-state index contributed by atoms with van der Waals surface area (Å²) in [4.78, 5) is 2.66. The Labute approximate surface area is 173 Å². The second-order valence-electron chi connectivity index (χ2n) is 8.11. The van der Waals surface area contributed by atoms with Crippen molar-refractivity contribution in [3.05, 3.63) is 53.6 Å². The van der Waals surface area contributed by atoms with Gasteiger partial charge in [0.25, 0.3) is 0 Å². The lowest BCUT2D eigenvalue weighted by molar-refractivity contribution is 0.173. The van der Waals surface area contributed by atoms with Gasteiger partial charge in [-0.2, -0.15) is 4.31 Å². The van der Waals surface area contributed by atoms with Gasteiger partial charge in [0.1, 0.15) is 0 Å². The van der Waals surface area contributed by atoms with Crippen LogP contribution in [-0.2, 0) is 23.0 Å². The third-order valence-electron chi connectivity index (χ3n) is 5.38. The molecule has 29 heavy (non-hydrogen) atoms. The number of sulfonamides is 1. The van der Waals surface area contributed by atoms with E-state index in [0.29, 0.717) is 37.0 Å². The Kier molecular flexibility index (Phi) is 5.81. The van der Waals surface area contributed by atoms with Gasteiger partial charge in [-0.1, -0.05) is 32.0 Å². The van der Waals surface area contributed by atoms with Crippen molar-refractivity contribution in [2.45, 2.75) is 31.7 Å². The second-order valence-corrected chi connectivity index (χ2v) is 10.0. The standard InChI is InChI=1S/C22H28N2O4S/c1-17(2)13-18-3-6-20(7-4-18)29(25,26)24-11-9-23(10-12-24)15-19-5-8-21-22(14-19)28-16-27-21/h3-8,14,17H,9-13,15-16H2,1-2H3. The number of hydrogen-bond donors (Lipinski definition) is 0. The number of benzene rings is 2. The molecule has 2 aliphatic rings. The molecule has 2 aromatic carbocycles. The lowest BCUT2D eigenvalue weighted by Crippen LogP contribution is -2.48. The third kappa shape index (κ3) is 4.57. The topological polar surface area (TPSA) is 59.1 Å². The molecular formula is C22H28N2O4S. The minimum Gasteiger partial charge on any atom is -0.454 e. The number of nitrogens with zero attached hydrogens (tertiary/aromatic N) is 2. The Hall–Kier alpha value is -2.09. The van der Waals surface area contributed by atoms with Gasteiger partial charge in [-0.05, 0) is 47.7 Å². The van der Waals surface area contributed by atoms with Crippen molar-refractivity contribution in [1.29, 1.82) is 0 Å². The zero-order valence-electron chi connectivity index (χ0n) is 17.0. The zero-order chi connectivity index (χ0) is 20.4. The molecule has 0 atom stereocenters. The Morgan fingerprint density at radius 3 is 2.24 bits per heavy atom. The number of ether oxygens (including phenoxy) is 2. The Bertz CT molecular complexity index is 949. The van der Waals surface area contributed by atoms with Gasteiger partial charge in [0.05, 0.1) is 4.90 Å². The molecule has 4 rings (SSSR count). The van der Waals surface area contributed by atoms with Gasteiger partial charge in [0, 0.05) is 32.7 Å². The first-order valence-corrected chi connectivity index (χ1v) is 11.6. The number of rotatable bonds is 6. The summed E-state index contributed by atoms with van der Waals surface area (Å²) in [6.45, 7) is 7.78. The predicted molar refractivity (Wildman–Crippen MR) is 112 cm³/mol. The molecule has 2 heterocycles. The van der Waals surface area contributed by atoms with Crippen LogP contribution < -0.4 is 9.47 Å². The van der Waals surface area contributed by atoms with Gasteiger partial charge in [-0.3, -0.25) is 4.90 Å². The lowest BCUT2D eigenvalue weighted by atomic mass is 10.0. The first kappa shape index (κ1) is 20.2. The summed E-state index contributed by atoms with van der Waals surface area (Å²) in [7, 11) is -3.44. The molecule has 1 fully saturated rings. The van der Waals surface area contributed by atoms with Crippen LogP contribution in [0.25, 0.3) is 0 Å². The maximum atomic E-state index is 13.0. The molecule has 1 saturated heterocycles. The molecule has 7 heteroatoms. The lowest BCUT2D eigenvalue weighted by Gasteiger charge is -2.34. The predicted octanol–water partition coefficient (Wildman–Crippen LogP) is 3.12. The van der Waals surface area contributed by atoms with Gasteiger partial charge < -0.3 is 9.47 Å². The molecule has 0 bridgehead atoms. The molecule has 6 nitrogen and oxygen atoms in total. The van der Waals surface area contributed by atoms with Crippen LogP contribution in [0.3, 0.4) is 0 Å². The Balaban J connectivity index is 1.36. The minimum absolute atomic E-state index is 0.272. The SMILES string of the molecule is CC(C)Cc1ccc(S(=O)(=O)N2CCN(Cc3ccc4c(c3)OCO4)CC2)cc1. The van der Waals surface area contributed by atoms with Gasteiger partial charge in [0.2, 0.25) is 16.8 Å². The molecule has 0 amide bonds. The van der Waals surface area contributed by atoms with Crippen LogP contribution in [0.2, 0.25) is 0 Å². The maximum absolute atomic E-state index is 13.0. The fraction of sp³-hybridized carbons (Fsp3) is 0.455. The van der Waals surface area contributed by atoms with Crippen LogP contribution in [0.5, 0.6) is 11.5 Å². The molecule has 0 spiro atoms. The van der Waals surface area contributed by atoms with Crippen molar-refractivity contribution in [2.24, 2.45) is 5.92 Å². The van der Waals surface area contributed by atoms with Crippen LogP contribution in [-0.4, -0.2) is 50.6 Å². The smallest absolute Gasteiger partial charge is 0.243 e. The van der Waals surface area contributed by atoms with Crippen molar-refractivity contribution in [3.8, 4) is 11.5 Å². The normalized spacial score (nSPS) is 17.8. The van der Waals surface area contributed by atoms with Crippen molar-refractivity contribution in [1.82, 2.24) is 9.21 Å². The highest BCUT2D eigenvalue weighted by Gasteiger charge is 2.28. The van der Waals surface area contributed by atoms with E-state index >= 15 is 0 Å². The molecular weight excluding hydrogens is 388 g/mol. The number of piperazine rings is 1. The third-order valence-corrected chi connectivity index (χ3v) is 7.29. The van der Waals surface area contributed by atoms with Crippen LogP contribution in [0, 0.1) is 5.92 Å². The van der Waals surface area contributed by atoms with Gasteiger partial charge in [0.15, 0.2) is 11.5 Å². The largest absolute Gasteiger partial charge is 0.454 e. The van der Waals surface area contributed by atoms with E-state index in [4.69, 9.17) is 9.47 Å². The zero-order valence-corrected chi connectivity index (χ0v) is 17.8. The van der Waals surface area contributed by atoms with Gasteiger partial charge >= 0.3 is 0 Å². The van der Waals surface area contributed by atoms with Crippen LogP contribution in [0.4, 0.5) is 0 Å². The molecule has 156 valence electrons. The summed E-state index contributed by atoms with van der Waals surface area (Å²) in [6, 6.07) is 13.3. The van der Waals surface area contributed by atoms with E-state index in [-0.39, 0.29) is 6.79 Å². The van der Waals surface area contributed by atoms with Crippen LogP contribution in [0.15, 0.2) is 47.4 Å². The molecule has 0 unspecified atom stereocenters. The maximum Gasteiger partial charge on any atom is 0.243 e. The summed E-state index contributed by atoms with van der Waals surface area (Å²) in [6.07, 6.45) is 0.957. The Morgan fingerprint density at radius 2 is 1.55 bits per heavy atom. The molecule has 0 aromatic heterocycles. The molecule has 0 radical (unpaired) electrons. The van der Waals surface area contributed by atoms with E-state index in [9.17, 15) is 8.42 Å². The van der Waals surface area contributed by atoms with Crippen molar-refractivity contribution < 1.29 is 17.9 Å². The highest BCUT2D eigenvalue weighted by molar-refractivity contribution is 7.89. The van der Waals surface area contributed by atoms with Gasteiger partial charge in [-0.15, -0.1) is 0 Å². The quantitative estimate of drug-likeness (QED) is 0.724. The highest BCUT2D eigenvalue weighted by atomic mass is 32.2. The monoisotopic (exact) mass is 416 g/mol. The van der Waals surface area contributed by atoms with Crippen LogP contribution in [0.1, 0.15) is 25.0 Å². The van der Waals surface area contributed by atoms with E-state index in [1.807, 2.05) is 30.3 Å². The van der Waals surface area contributed by atoms with Crippen molar-refractivity contribution >= 4 is 10.0 Å². The average molecular weight is 417 g/mol. The van der Waals surface area contributed by atoms with Crippen molar-refractivity contribution in [3.63, 3.8) is 0 Å². The summed E-state index contributed by atoms with van der Waals surface area (Å²) in [5.41, 5.74) is 2.32. The second kappa shape index (κ2) is 8.34. The first-order chi connectivity index (χ1) is 13.9. The van der Waals surface area contributed by atoms with E-state index in [1.54, 1.807) is 16.4 Å². The fourth-order valence-corrected chi connectivity index (χ4v) is 5.27. The fourth-order valence-electron chi connectivity index (χ4n) is 3.84. The van der Waals surface area contributed by atoms with E-state index in [1.165, 1.54) is 5.56 Å². The molecule has 0 aliphatic carbocycles. The summed E-state index contributed by atoms with van der Waals surface area (Å²) < 4.78 is 38.4. The van der Waals surface area contributed by atoms with Gasteiger partial charge in [-0.25, -0.2) is 8.42 Å². The summed E-state index contributed by atoms with van der Waals surface area (Å²) >= 11 is 0. The van der Waals surface area contributed by atoms with E-state index in [2.05, 4.69) is 18.7 Å². The molecule has 2 aliphatic heterocycles. The molecule has 0 saturated carbocycles. The molecule has 0 N–H and O–H groups in total. The number of hydrogen-bond acceptors (Lipinski definition) is 5. The Morgan fingerprint density at radius 1 is 0.897 bits per heavy atom. The van der Waals surface area contributed by atoms with E-state index in [0.717, 1.165) is 30.0 Å². The minimum atomic E-state index is -3.44. The average Bonchev–Trinajstić information content (AvgIpc) is 3.16. The molecule has 2 aromatic rings. The first-order valence-electron chi connectivity index (χ1n) is 10.1. The summed E-state index contributed by atoms with van der Waals surface area (Å²) in [5, 5.41) is 0.